The van der Waals surface area contributed by atoms with E-state index in [-0.39, 0.29) is 17.5 Å². The van der Waals surface area contributed by atoms with E-state index in [1.165, 1.54) is 6.92 Å². The maximum absolute atomic E-state index is 10.8. The first kappa shape index (κ1) is 4.40. The van der Waals surface area contributed by atoms with Gasteiger partial charge in [0.1, 0.15) is 6.29 Å². The van der Waals surface area contributed by atoms with Crippen molar-refractivity contribution in [2.45, 2.75) is 6.92 Å². The summed E-state index contributed by atoms with van der Waals surface area (Å²) in [6.07, 6.45) is 0.262. The Morgan fingerprint density at radius 3 is 2.50 bits per heavy atom. The molecule has 3 nitrogen and oxygen atoms in total. The smallest absolute Gasteiger partial charge is 0.221 e. The molecule has 3 heteroatoms. The van der Waals surface area contributed by atoms with E-state index in [4.69, 9.17) is 5.48 Å². The largest absolute Gasteiger partial charge is 0.326 e. The standard InChI is InChI=1S/C9H9NO2/c1-7(12)10-9-4-2-8(6-11)3-5-9/h2-6H,1H3,(H,10,12)/i2D,3D,4D,5D. The number of nitrogens with one attached hydrogen (secondary N) is 1. The second kappa shape index (κ2) is 3.67. The molecule has 0 spiro atoms. The Balaban J connectivity index is 3.52. The summed E-state index contributed by atoms with van der Waals surface area (Å²) in [6, 6.07) is -1.78. The fourth-order valence-corrected chi connectivity index (χ4v) is 0.620. The highest BCUT2D eigenvalue weighted by Crippen LogP contribution is 2.07. The molecule has 0 heterocycles. The predicted molar refractivity (Wildman–Crippen MR) is 46.1 cm³/mol. The molecule has 0 fully saturated rings. The van der Waals surface area contributed by atoms with Crippen molar-refractivity contribution in [1.29, 1.82) is 0 Å². The molecule has 0 aromatic heterocycles. The number of anilines is 1. The van der Waals surface area contributed by atoms with Gasteiger partial charge in [-0.3, -0.25) is 9.59 Å². The Kier molecular flexibility index (Phi) is 1.34. The molecule has 0 unspecified atom stereocenters. The van der Waals surface area contributed by atoms with Crippen LogP contribution in [0.3, 0.4) is 0 Å². The molecule has 1 aromatic carbocycles. The van der Waals surface area contributed by atoms with E-state index < -0.39 is 30.1 Å². The number of hydrogen-bond acceptors (Lipinski definition) is 2. The Morgan fingerprint density at radius 1 is 1.50 bits per heavy atom. The number of amides is 1. The van der Waals surface area contributed by atoms with Crippen LogP contribution in [0.5, 0.6) is 0 Å². The summed E-state index contributed by atoms with van der Waals surface area (Å²) in [5.41, 5.74) is -0.530. The van der Waals surface area contributed by atoms with E-state index >= 15 is 0 Å². The molecule has 1 N–H and O–H groups in total. The van der Waals surface area contributed by atoms with Crippen LogP contribution < -0.4 is 5.32 Å². The average Bonchev–Trinajstić information content (AvgIpc) is 2.22. The van der Waals surface area contributed by atoms with Crippen LogP contribution in [0, 0.1) is 0 Å². The topological polar surface area (TPSA) is 46.2 Å². The molecule has 1 amide bonds. The van der Waals surface area contributed by atoms with Gasteiger partial charge in [0, 0.05) is 18.2 Å². The summed E-state index contributed by atoms with van der Waals surface area (Å²) >= 11 is 0. The molecule has 0 saturated heterocycles. The van der Waals surface area contributed by atoms with Crippen LogP contribution in [0.15, 0.2) is 24.2 Å². The SMILES string of the molecule is [2H]c1c([2H])c(NC(C)=O)c([2H])c([2H])c1C=O. The first-order valence-corrected chi connectivity index (χ1v) is 3.23. The van der Waals surface area contributed by atoms with Gasteiger partial charge < -0.3 is 5.32 Å². The van der Waals surface area contributed by atoms with Crippen LogP contribution in [0.1, 0.15) is 22.8 Å². The second-order valence-corrected chi connectivity index (χ2v) is 2.09. The van der Waals surface area contributed by atoms with E-state index in [1.807, 2.05) is 0 Å². The highest BCUT2D eigenvalue weighted by atomic mass is 16.1. The molecule has 0 radical (unpaired) electrons. The van der Waals surface area contributed by atoms with E-state index in [9.17, 15) is 9.59 Å². The van der Waals surface area contributed by atoms with Gasteiger partial charge in [-0.05, 0) is 24.2 Å². The predicted octanol–water partition coefficient (Wildman–Crippen LogP) is 1.46. The number of rotatable bonds is 2. The fraction of sp³-hybridized carbons (Fsp3) is 0.111. The average molecular weight is 167 g/mol. The van der Waals surface area contributed by atoms with E-state index in [0.29, 0.717) is 0 Å². The Bertz CT molecular complexity index is 444. The molecule has 0 aliphatic carbocycles. The van der Waals surface area contributed by atoms with Crippen molar-refractivity contribution < 1.29 is 15.1 Å². The van der Waals surface area contributed by atoms with Crippen molar-refractivity contribution in [2.24, 2.45) is 0 Å². The zero-order valence-corrected chi connectivity index (χ0v) is 6.39. The van der Waals surface area contributed by atoms with Gasteiger partial charge in [-0.25, -0.2) is 0 Å². The van der Waals surface area contributed by atoms with Gasteiger partial charge in [0.25, 0.3) is 0 Å². The third-order valence-electron chi connectivity index (χ3n) is 1.06. The zero-order valence-electron chi connectivity index (χ0n) is 10.4. The number of benzene rings is 1. The maximum atomic E-state index is 10.8. The highest BCUT2D eigenvalue weighted by molar-refractivity contribution is 5.89. The van der Waals surface area contributed by atoms with Gasteiger partial charge in [0.05, 0.1) is 5.48 Å². The first-order chi connectivity index (χ1) is 7.40. The van der Waals surface area contributed by atoms with Crippen LogP contribution in [0.25, 0.3) is 0 Å². The van der Waals surface area contributed by atoms with Crippen LogP contribution in [-0.2, 0) is 4.79 Å². The lowest BCUT2D eigenvalue weighted by Crippen LogP contribution is -2.05. The molecule has 62 valence electrons. The third kappa shape index (κ3) is 2.20. The van der Waals surface area contributed by atoms with Crippen molar-refractivity contribution in [3.05, 3.63) is 29.7 Å². The van der Waals surface area contributed by atoms with Gasteiger partial charge >= 0.3 is 0 Å². The van der Waals surface area contributed by atoms with Crippen molar-refractivity contribution in [1.82, 2.24) is 0 Å². The van der Waals surface area contributed by atoms with Gasteiger partial charge in [-0.1, -0.05) is 0 Å². The van der Waals surface area contributed by atoms with Gasteiger partial charge in [0.15, 0.2) is 0 Å². The lowest BCUT2D eigenvalue weighted by Gasteiger charge is -2.00. The molecular weight excluding hydrogens is 154 g/mol. The van der Waals surface area contributed by atoms with Crippen molar-refractivity contribution >= 4 is 17.9 Å². The molecule has 0 aliphatic rings. The maximum Gasteiger partial charge on any atom is 0.221 e. The number of carbonyl (C=O) groups excluding carboxylic acids is 2. The van der Waals surface area contributed by atoms with Crippen molar-refractivity contribution in [3.63, 3.8) is 0 Å². The number of aldehydes is 1. The molecule has 1 rings (SSSR count). The summed E-state index contributed by atoms with van der Waals surface area (Å²) < 4.78 is 29.9. The quantitative estimate of drug-likeness (QED) is 0.678. The number of carbonyl (C=O) groups is 2. The van der Waals surface area contributed by atoms with Gasteiger partial charge in [-0.15, -0.1) is 0 Å². The minimum absolute atomic E-state index is 0.215. The van der Waals surface area contributed by atoms with Gasteiger partial charge in [0.2, 0.25) is 5.91 Å². The Labute approximate surface area is 76.0 Å². The van der Waals surface area contributed by atoms with Crippen LogP contribution in [-0.4, -0.2) is 12.2 Å². The minimum Gasteiger partial charge on any atom is -0.326 e. The lowest BCUT2D eigenvalue weighted by molar-refractivity contribution is -0.114. The lowest BCUT2D eigenvalue weighted by atomic mass is 10.2. The molecule has 1 aromatic rings. The molecular formula is C9H9NO2. The van der Waals surface area contributed by atoms with Crippen LogP contribution in [0.4, 0.5) is 5.69 Å². The normalized spacial score (nSPS) is 13.8. The molecule has 0 atom stereocenters. The van der Waals surface area contributed by atoms with Gasteiger partial charge in [-0.2, -0.15) is 0 Å². The summed E-state index contributed by atoms with van der Waals surface area (Å²) in [7, 11) is 0. The van der Waals surface area contributed by atoms with Crippen LogP contribution >= 0.6 is 0 Å². The summed E-state index contributed by atoms with van der Waals surface area (Å²) in [6.45, 7) is 1.19. The zero-order chi connectivity index (χ0) is 12.5. The minimum atomic E-state index is -0.500. The third-order valence-corrected chi connectivity index (χ3v) is 1.06. The van der Waals surface area contributed by atoms with Crippen molar-refractivity contribution in [2.75, 3.05) is 5.32 Å². The number of hydrogen-bond donors (Lipinski definition) is 1. The van der Waals surface area contributed by atoms with E-state index in [2.05, 4.69) is 5.32 Å². The summed E-state index contributed by atoms with van der Waals surface area (Å²) in [5, 5.41) is 2.20. The van der Waals surface area contributed by atoms with Crippen molar-refractivity contribution in [3.8, 4) is 0 Å². The van der Waals surface area contributed by atoms with Crippen LogP contribution in [0.2, 0.25) is 0 Å². The Morgan fingerprint density at radius 2 is 2.08 bits per heavy atom. The monoisotopic (exact) mass is 167 g/mol. The molecule has 0 aliphatic heterocycles. The highest BCUT2D eigenvalue weighted by Gasteiger charge is 1.94. The first-order valence-electron chi connectivity index (χ1n) is 5.23. The molecule has 0 bridgehead atoms. The molecule has 12 heavy (non-hydrogen) atoms. The second-order valence-electron chi connectivity index (χ2n) is 2.09. The molecule has 0 saturated carbocycles. The van der Waals surface area contributed by atoms with E-state index in [1.54, 1.807) is 0 Å². The fourth-order valence-electron chi connectivity index (χ4n) is 0.620. The van der Waals surface area contributed by atoms with E-state index in [0.717, 1.165) is 0 Å². The summed E-state index contributed by atoms with van der Waals surface area (Å²) in [5.74, 6) is -0.500. The summed E-state index contributed by atoms with van der Waals surface area (Å²) in [4.78, 5) is 21.4. The Hall–Kier alpha value is -1.64.